The lowest BCUT2D eigenvalue weighted by atomic mass is 10.2. The average Bonchev–Trinajstić information content (AvgIpc) is 3.39. The Kier molecular flexibility index (Phi) is 5.87. The second-order valence-electron chi connectivity index (χ2n) is 7.56. The van der Waals surface area contributed by atoms with Crippen molar-refractivity contribution in [1.29, 1.82) is 0 Å². The van der Waals surface area contributed by atoms with E-state index >= 15 is 0 Å². The van der Waals surface area contributed by atoms with Gasteiger partial charge in [0, 0.05) is 45.0 Å². The minimum Gasteiger partial charge on any atom is -0.296 e. The molecule has 8 heteroatoms. The molecule has 0 unspecified atom stereocenters. The van der Waals surface area contributed by atoms with Crippen molar-refractivity contribution in [3.8, 4) is 10.6 Å². The van der Waals surface area contributed by atoms with Crippen LogP contribution in [0.3, 0.4) is 0 Å². The van der Waals surface area contributed by atoms with Gasteiger partial charge in [-0.3, -0.25) is 9.58 Å². The highest BCUT2D eigenvalue weighted by Crippen LogP contribution is 2.32. The molecule has 4 rings (SSSR count). The van der Waals surface area contributed by atoms with E-state index in [1.165, 1.54) is 16.9 Å². The van der Waals surface area contributed by atoms with E-state index in [4.69, 9.17) is 0 Å². The van der Waals surface area contributed by atoms with E-state index in [-0.39, 0.29) is 6.04 Å². The fourth-order valence-corrected chi connectivity index (χ4v) is 5.87. The second-order valence-corrected chi connectivity index (χ2v) is 10.4. The van der Waals surface area contributed by atoms with Gasteiger partial charge in [0.2, 0.25) is 10.0 Å². The zero-order chi connectivity index (χ0) is 20.4. The molecule has 0 N–H and O–H groups in total. The molecule has 0 radical (unpaired) electrons. The summed E-state index contributed by atoms with van der Waals surface area (Å²) in [5.74, 6) is 0. The van der Waals surface area contributed by atoms with Gasteiger partial charge in [-0.05, 0) is 30.9 Å². The molecule has 0 saturated carbocycles. The van der Waals surface area contributed by atoms with Crippen molar-refractivity contribution in [2.45, 2.75) is 31.3 Å². The standard InChI is InChI=1S/C21H26N4O2S2/c1-17(2)25-16-20(21(22-25)19-9-6-14-28-19)29(26,27)24-12-10-23(11-13-24)15-18-7-4-3-5-8-18/h3-9,14,16-17H,10-13,15H2,1-2H3. The third kappa shape index (κ3) is 4.30. The summed E-state index contributed by atoms with van der Waals surface area (Å²) in [5.41, 5.74) is 1.81. The van der Waals surface area contributed by atoms with Crippen LogP contribution in [-0.2, 0) is 16.6 Å². The van der Waals surface area contributed by atoms with Crippen LogP contribution >= 0.6 is 11.3 Å². The quantitative estimate of drug-likeness (QED) is 0.598. The number of piperazine rings is 1. The summed E-state index contributed by atoms with van der Waals surface area (Å²) >= 11 is 1.51. The molecule has 2 aromatic heterocycles. The highest BCUT2D eigenvalue weighted by molar-refractivity contribution is 7.89. The van der Waals surface area contributed by atoms with Crippen LogP contribution in [-0.4, -0.2) is 53.6 Å². The van der Waals surface area contributed by atoms with Gasteiger partial charge in [0.25, 0.3) is 0 Å². The number of aromatic nitrogens is 2. The van der Waals surface area contributed by atoms with Crippen molar-refractivity contribution in [3.05, 3.63) is 59.6 Å². The number of hydrogen-bond acceptors (Lipinski definition) is 5. The van der Waals surface area contributed by atoms with Gasteiger partial charge >= 0.3 is 0 Å². The van der Waals surface area contributed by atoms with Crippen molar-refractivity contribution in [2.24, 2.45) is 0 Å². The van der Waals surface area contributed by atoms with E-state index in [0.29, 0.717) is 23.7 Å². The van der Waals surface area contributed by atoms with E-state index in [0.717, 1.165) is 24.5 Å². The first kappa shape index (κ1) is 20.3. The fourth-order valence-electron chi connectivity index (χ4n) is 3.52. The summed E-state index contributed by atoms with van der Waals surface area (Å²) < 4.78 is 30.3. The smallest absolute Gasteiger partial charge is 0.246 e. The van der Waals surface area contributed by atoms with Gasteiger partial charge in [0.15, 0.2) is 0 Å². The largest absolute Gasteiger partial charge is 0.296 e. The lowest BCUT2D eigenvalue weighted by Gasteiger charge is -2.33. The van der Waals surface area contributed by atoms with E-state index in [1.807, 2.05) is 49.6 Å². The molecule has 3 aromatic rings. The van der Waals surface area contributed by atoms with E-state index < -0.39 is 10.0 Å². The zero-order valence-corrected chi connectivity index (χ0v) is 18.4. The maximum Gasteiger partial charge on any atom is 0.246 e. The molecule has 1 fully saturated rings. The Labute approximate surface area is 176 Å². The normalized spacial score (nSPS) is 16.5. The third-order valence-electron chi connectivity index (χ3n) is 5.18. The van der Waals surface area contributed by atoms with Gasteiger partial charge in [0.05, 0.1) is 4.88 Å². The topological polar surface area (TPSA) is 58.4 Å². The van der Waals surface area contributed by atoms with Crippen LogP contribution in [0.2, 0.25) is 0 Å². The Balaban J connectivity index is 1.54. The molecule has 6 nitrogen and oxygen atoms in total. The lowest BCUT2D eigenvalue weighted by Crippen LogP contribution is -2.48. The van der Waals surface area contributed by atoms with Gasteiger partial charge in [0.1, 0.15) is 10.6 Å². The SMILES string of the molecule is CC(C)n1cc(S(=O)(=O)N2CCN(Cc3ccccc3)CC2)c(-c2cccs2)n1. The van der Waals surface area contributed by atoms with Crippen LogP contribution in [0.15, 0.2) is 58.9 Å². The molecule has 154 valence electrons. The summed E-state index contributed by atoms with van der Waals surface area (Å²) in [6, 6.07) is 14.2. The van der Waals surface area contributed by atoms with Crippen LogP contribution in [0.5, 0.6) is 0 Å². The van der Waals surface area contributed by atoms with Crippen molar-refractivity contribution in [1.82, 2.24) is 19.0 Å². The second kappa shape index (κ2) is 8.39. The van der Waals surface area contributed by atoms with Gasteiger partial charge in [-0.2, -0.15) is 9.40 Å². The van der Waals surface area contributed by atoms with Crippen LogP contribution in [0.25, 0.3) is 10.6 Å². The number of rotatable bonds is 6. The molecule has 1 saturated heterocycles. The van der Waals surface area contributed by atoms with Gasteiger partial charge in [-0.1, -0.05) is 36.4 Å². The summed E-state index contributed by atoms with van der Waals surface area (Å²) in [6.45, 7) is 7.29. The van der Waals surface area contributed by atoms with Crippen LogP contribution in [0.4, 0.5) is 0 Å². The monoisotopic (exact) mass is 430 g/mol. The molecule has 0 spiro atoms. The number of sulfonamides is 1. The maximum absolute atomic E-state index is 13.5. The van der Waals surface area contributed by atoms with E-state index in [9.17, 15) is 8.42 Å². The van der Waals surface area contributed by atoms with Crippen LogP contribution < -0.4 is 0 Å². The number of hydrogen-bond donors (Lipinski definition) is 0. The average molecular weight is 431 g/mol. The van der Waals surface area contributed by atoms with Gasteiger partial charge < -0.3 is 0 Å². The van der Waals surface area contributed by atoms with Crippen LogP contribution in [0, 0.1) is 0 Å². The molecule has 3 heterocycles. The number of benzene rings is 1. The molecule has 0 atom stereocenters. The molecule has 0 amide bonds. The first-order valence-corrected chi connectivity index (χ1v) is 12.2. The van der Waals surface area contributed by atoms with Crippen molar-refractivity contribution >= 4 is 21.4 Å². The van der Waals surface area contributed by atoms with Crippen LogP contribution in [0.1, 0.15) is 25.5 Å². The molecule has 1 aromatic carbocycles. The van der Waals surface area contributed by atoms with Crippen molar-refractivity contribution < 1.29 is 8.42 Å². The Morgan fingerprint density at radius 3 is 2.38 bits per heavy atom. The first-order valence-electron chi connectivity index (χ1n) is 9.84. The summed E-state index contributed by atoms with van der Waals surface area (Å²) in [6.07, 6.45) is 1.69. The van der Waals surface area contributed by atoms with Crippen molar-refractivity contribution in [2.75, 3.05) is 26.2 Å². The maximum atomic E-state index is 13.5. The van der Waals surface area contributed by atoms with E-state index in [1.54, 1.807) is 15.2 Å². The minimum absolute atomic E-state index is 0.0976. The van der Waals surface area contributed by atoms with Gasteiger partial charge in [-0.25, -0.2) is 8.42 Å². The molecular weight excluding hydrogens is 404 g/mol. The third-order valence-corrected chi connectivity index (χ3v) is 7.96. The first-order chi connectivity index (χ1) is 13.9. The molecule has 29 heavy (non-hydrogen) atoms. The zero-order valence-electron chi connectivity index (χ0n) is 16.7. The summed E-state index contributed by atoms with van der Waals surface area (Å²) in [7, 11) is -3.60. The Morgan fingerprint density at radius 2 is 1.76 bits per heavy atom. The predicted molar refractivity (Wildman–Crippen MR) is 116 cm³/mol. The number of nitrogens with zero attached hydrogens (tertiary/aromatic N) is 4. The Hall–Kier alpha value is -2.00. The molecule has 0 aliphatic carbocycles. The Bertz CT molecular complexity index is 1040. The molecule has 1 aliphatic rings. The van der Waals surface area contributed by atoms with Crippen molar-refractivity contribution in [3.63, 3.8) is 0 Å². The predicted octanol–water partition coefficient (Wildman–Crippen LogP) is 3.70. The highest BCUT2D eigenvalue weighted by Gasteiger charge is 2.33. The number of thiophene rings is 1. The highest BCUT2D eigenvalue weighted by atomic mass is 32.2. The summed E-state index contributed by atoms with van der Waals surface area (Å²) in [5, 5.41) is 6.54. The minimum atomic E-state index is -3.60. The molecule has 0 bridgehead atoms. The van der Waals surface area contributed by atoms with Gasteiger partial charge in [-0.15, -0.1) is 11.3 Å². The molecule has 1 aliphatic heterocycles. The van der Waals surface area contributed by atoms with E-state index in [2.05, 4.69) is 22.1 Å². The fraction of sp³-hybridized carbons (Fsp3) is 0.381. The summed E-state index contributed by atoms with van der Waals surface area (Å²) in [4.78, 5) is 3.50. The lowest BCUT2D eigenvalue weighted by molar-refractivity contribution is 0.181. The Morgan fingerprint density at radius 1 is 1.03 bits per heavy atom. The molecular formula is C21H26N4O2S2.